The molecule has 0 bridgehead atoms. The summed E-state index contributed by atoms with van der Waals surface area (Å²) in [5.41, 5.74) is 1.98. The van der Waals surface area contributed by atoms with Crippen molar-refractivity contribution in [2.75, 3.05) is 55.1 Å². The Hall–Kier alpha value is -3.59. The summed E-state index contributed by atoms with van der Waals surface area (Å²) in [6.45, 7) is 7.60. The van der Waals surface area contributed by atoms with Gasteiger partial charge in [-0.2, -0.15) is 0 Å². The summed E-state index contributed by atoms with van der Waals surface area (Å²) in [7, 11) is 3.58. The first-order valence-corrected chi connectivity index (χ1v) is 13.7. The van der Waals surface area contributed by atoms with Gasteiger partial charge in [-0.25, -0.2) is 14.8 Å². The molecule has 0 unspecified atom stereocenters. The average Bonchev–Trinajstić information content (AvgIpc) is 3.65. The first-order chi connectivity index (χ1) is 18.7. The molecule has 1 aliphatic heterocycles. The molecule has 0 radical (unpaired) electrons. The van der Waals surface area contributed by atoms with E-state index in [9.17, 15) is 9.90 Å². The molecular weight excluding hydrogens is 494 g/mol. The molecule has 1 N–H and O–H groups in total. The maximum atomic E-state index is 13.6. The number of anilines is 3. The highest BCUT2D eigenvalue weighted by atomic mass is 16.6. The monoisotopic (exact) mass is 533 g/mol. The van der Waals surface area contributed by atoms with Crippen LogP contribution in [0.15, 0.2) is 42.5 Å². The van der Waals surface area contributed by atoms with E-state index in [2.05, 4.69) is 11.0 Å². The SMILES string of the molecule is COc1ccccc1N(C(=O)OC(C)(C)C)[C@@H]1CCN(c2nc(C3CC3)nc3ccc(N(C)CCO)cc23)C1. The van der Waals surface area contributed by atoms with Crippen LogP contribution in [0, 0.1) is 0 Å². The van der Waals surface area contributed by atoms with E-state index in [-0.39, 0.29) is 12.6 Å². The number of ether oxygens (including phenoxy) is 2. The third kappa shape index (κ3) is 5.88. The van der Waals surface area contributed by atoms with Gasteiger partial charge in [-0.3, -0.25) is 4.90 Å². The summed E-state index contributed by atoms with van der Waals surface area (Å²) >= 11 is 0. The minimum atomic E-state index is -0.630. The highest BCUT2D eigenvalue weighted by Crippen LogP contribution is 2.41. The number of hydrogen-bond acceptors (Lipinski definition) is 8. The number of aromatic nitrogens is 2. The fourth-order valence-corrected chi connectivity index (χ4v) is 5.13. The third-order valence-corrected chi connectivity index (χ3v) is 7.26. The first-order valence-electron chi connectivity index (χ1n) is 13.7. The molecule has 39 heavy (non-hydrogen) atoms. The van der Waals surface area contributed by atoms with Crippen LogP contribution in [0.25, 0.3) is 10.9 Å². The second-order valence-corrected chi connectivity index (χ2v) is 11.4. The molecule has 1 amide bonds. The minimum absolute atomic E-state index is 0.0791. The molecule has 2 fully saturated rings. The molecule has 9 nitrogen and oxygen atoms in total. The maximum absolute atomic E-state index is 13.6. The van der Waals surface area contributed by atoms with Crippen molar-refractivity contribution >= 4 is 34.2 Å². The molecule has 9 heteroatoms. The Labute approximate surface area is 230 Å². The summed E-state index contributed by atoms with van der Waals surface area (Å²) in [5.74, 6) is 2.83. The minimum Gasteiger partial charge on any atom is -0.495 e. The number of likely N-dealkylation sites (N-methyl/N-ethyl adjacent to an activating group) is 1. The fraction of sp³-hybridized carbons (Fsp3) is 0.500. The number of fused-ring (bicyclic) bond motifs is 1. The zero-order valence-corrected chi connectivity index (χ0v) is 23.6. The number of para-hydroxylation sites is 2. The van der Waals surface area contributed by atoms with Crippen LogP contribution in [0.3, 0.4) is 0 Å². The molecule has 5 rings (SSSR count). The normalized spacial score (nSPS) is 17.4. The van der Waals surface area contributed by atoms with Crippen molar-refractivity contribution in [3.8, 4) is 5.75 Å². The fourth-order valence-electron chi connectivity index (χ4n) is 5.13. The van der Waals surface area contributed by atoms with Gasteiger partial charge in [-0.1, -0.05) is 12.1 Å². The molecule has 2 heterocycles. The topological polar surface area (TPSA) is 91.3 Å². The lowest BCUT2D eigenvalue weighted by Gasteiger charge is -2.32. The summed E-state index contributed by atoms with van der Waals surface area (Å²) in [6.07, 6.45) is 2.60. The Morgan fingerprint density at radius 2 is 1.90 bits per heavy atom. The van der Waals surface area contributed by atoms with Gasteiger partial charge >= 0.3 is 6.09 Å². The highest BCUT2D eigenvalue weighted by molar-refractivity contribution is 5.93. The molecule has 1 aromatic heterocycles. The van der Waals surface area contributed by atoms with Crippen LogP contribution in [0.4, 0.5) is 22.0 Å². The van der Waals surface area contributed by atoms with Crippen molar-refractivity contribution in [2.45, 2.75) is 57.6 Å². The zero-order chi connectivity index (χ0) is 27.7. The number of nitrogens with zero attached hydrogens (tertiary/aromatic N) is 5. The van der Waals surface area contributed by atoms with Crippen molar-refractivity contribution in [3.05, 3.63) is 48.3 Å². The van der Waals surface area contributed by atoms with E-state index >= 15 is 0 Å². The van der Waals surface area contributed by atoms with Gasteiger partial charge in [0.05, 0.1) is 31.0 Å². The van der Waals surface area contributed by atoms with E-state index in [1.807, 2.05) is 69.1 Å². The predicted octanol–water partition coefficient (Wildman–Crippen LogP) is 4.96. The van der Waals surface area contributed by atoms with Crippen molar-refractivity contribution < 1.29 is 19.4 Å². The highest BCUT2D eigenvalue weighted by Gasteiger charge is 2.37. The maximum Gasteiger partial charge on any atom is 0.415 e. The standard InChI is InChI=1S/C30H39N5O4/c1-30(2,3)39-29(37)35(25-8-6-7-9-26(25)38-5)22-14-15-34(19-22)28-23-18-21(33(4)16-17-36)12-13-24(23)31-27(32-28)20-10-11-20/h6-9,12-13,18,20,22,36H,10-11,14-17,19H2,1-5H3/t22-/m1/s1. The Bertz CT molecular complexity index is 1340. The van der Waals surface area contributed by atoms with Crippen molar-refractivity contribution in [1.82, 2.24) is 9.97 Å². The molecule has 2 aliphatic rings. The van der Waals surface area contributed by atoms with E-state index in [0.29, 0.717) is 30.4 Å². The molecule has 3 aromatic rings. The molecule has 2 aromatic carbocycles. The van der Waals surface area contributed by atoms with Crippen LogP contribution in [-0.4, -0.2) is 73.2 Å². The second kappa shape index (κ2) is 10.9. The van der Waals surface area contributed by atoms with Gasteiger partial charge in [0.15, 0.2) is 0 Å². The van der Waals surface area contributed by atoms with Gasteiger partial charge < -0.3 is 24.4 Å². The molecule has 1 aliphatic carbocycles. The average molecular weight is 534 g/mol. The van der Waals surface area contributed by atoms with E-state index in [0.717, 1.165) is 54.0 Å². The van der Waals surface area contributed by atoms with Crippen LogP contribution in [0.1, 0.15) is 51.8 Å². The number of aliphatic hydroxyl groups excluding tert-OH is 1. The van der Waals surface area contributed by atoms with Gasteiger partial charge in [0.25, 0.3) is 0 Å². The summed E-state index contributed by atoms with van der Waals surface area (Å²) < 4.78 is 11.5. The quantitative estimate of drug-likeness (QED) is 0.434. The predicted molar refractivity (Wildman–Crippen MR) is 154 cm³/mol. The van der Waals surface area contributed by atoms with Gasteiger partial charge in [0, 0.05) is 43.7 Å². The van der Waals surface area contributed by atoms with Gasteiger partial charge in [0.2, 0.25) is 0 Å². The van der Waals surface area contributed by atoms with Crippen molar-refractivity contribution in [3.63, 3.8) is 0 Å². The Kier molecular flexibility index (Phi) is 7.53. The first kappa shape index (κ1) is 27.0. The van der Waals surface area contributed by atoms with Gasteiger partial charge in [-0.15, -0.1) is 0 Å². The van der Waals surface area contributed by atoms with Crippen molar-refractivity contribution in [1.29, 1.82) is 0 Å². The second-order valence-electron chi connectivity index (χ2n) is 11.4. The number of aliphatic hydroxyl groups is 1. The number of amides is 1. The van der Waals surface area contributed by atoms with Crippen LogP contribution < -0.4 is 19.4 Å². The van der Waals surface area contributed by atoms with E-state index < -0.39 is 11.7 Å². The summed E-state index contributed by atoms with van der Waals surface area (Å²) in [5, 5.41) is 10.4. The number of carbonyl (C=O) groups is 1. The van der Waals surface area contributed by atoms with E-state index in [1.165, 1.54) is 0 Å². The molecule has 208 valence electrons. The lowest BCUT2D eigenvalue weighted by atomic mass is 10.1. The van der Waals surface area contributed by atoms with Crippen LogP contribution in [-0.2, 0) is 4.74 Å². The number of rotatable bonds is 8. The molecule has 1 saturated heterocycles. The van der Waals surface area contributed by atoms with Crippen LogP contribution >= 0.6 is 0 Å². The number of carbonyl (C=O) groups excluding carboxylic acids is 1. The largest absolute Gasteiger partial charge is 0.495 e. The van der Waals surface area contributed by atoms with Gasteiger partial charge in [0.1, 0.15) is 23.0 Å². The summed E-state index contributed by atoms with van der Waals surface area (Å²) in [4.78, 5) is 29.6. The van der Waals surface area contributed by atoms with Crippen molar-refractivity contribution in [2.24, 2.45) is 0 Å². The molecular formula is C30H39N5O4. The number of benzene rings is 2. The van der Waals surface area contributed by atoms with Crippen LogP contribution in [0.5, 0.6) is 5.75 Å². The Morgan fingerprint density at radius 3 is 2.59 bits per heavy atom. The Balaban J connectivity index is 1.52. The third-order valence-electron chi connectivity index (χ3n) is 7.26. The van der Waals surface area contributed by atoms with Crippen LogP contribution in [0.2, 0.25) is 0 Å². The molecule has 1 atom stereocenters. The summed E-state index contributed by atoms with van der Waals surface area (Å²) in [6, 6.07) is 13.6. The zero-order valence-electron chi connectivity index (χ0n) is 23.6. The molecule has 0 spiro atoms. The molecule has 1 saturated carbocycles. The number of hydrogen-bond donors (Lipinski definition) is 1. The lowest BCUT2D eigenvalue weighted by molar-refractivity contribution is 0.0567. The van der Waals surface area contributed by atoms with E-state index in [4.69, 9.17) is 19.4 Å². The lowest BCUT2D eigenvalue weighted by Crippen LogP contribution is -2.45. The Morgan fingerprint density at radius 1 is 1.13 bits per heavy atom. The number of methoxy groups -OCH3 is 1. The van der Waals surface area contributed by atoms with Gasteiger partial charge in [-0.05, 0) is 70.4 Å². The smallest absolute Gasteiger partial charge is 0.415 e. The van der Waals surface area contributed by atoms with E-state index in [1.54, 1.807) is 12.0 Å².